The van der Waals surface area contributed by atoms with Gasteiger partial charge in [0.2, 0.25) is 0 Å². The Labute approximate surface area is 98.9 Å². The minimum Gasteiger partial charge on any atom is -0.396 e. The van der Waals surface area contributed by atoms with Crippen LogP contribution in [0.5, 0.6) is 0 Å². The molecular weight excluding hydrogens is 198 g/mol. The second kappa shape index (κ2) is 6.66. The molecule has 1 aromatic carbocycles. The Hall–Kier alpha value is -0.860. The van der Waals surface area contributed by atoms with Crippen LogP contribution >= 0.6 is 0 Å². The first-order valence-corrected chi connectivity index (χ1v) is 5.95. The highest BCUT2D eigenvalue weighted by atomic mass is 16.3. The number of rotatable bonds is 6. The van der Waals surface area contributed by atoms with Crippen LogP contribution in [0.3, 0.4) is 0 Å². The van der Waals surface area contributed by atoms with E-state index in [4.69, 9.17) is 5.11 Å². The zero-order chi connectivity index (χ0) is 12.0. The molecule has 2 nitrogen and oxygen atoms in total. The summed E-state index contributed by atoms with van der Waals surface area (Å²) in [7, 11) is 4.18. The van der Waals surface area contributed by atoms with E-state index in [1.807, 2.05) is 0 Å². The Morgan fingerprint density at radius 1 is 1.12 bits per heavy atom. The number of hydrogen-bond acceptors (Lipinski definition) is 2. The second-order valence-corrected chi connectivity index (χ2v) is 4.71. The van der Waals surface area contributed by atoms with Crippen molar-refractivity contribution in [1.82, 2.24) is 4.90 Å². The fourth-order valence-corrected chi connectivity index (χ4v) is 1.89. The average molecular weight is 221 g/mol. The van der Waals surface area contributed by atoms with Gasteiger partial charge in [-0.2, -0.15) is 0 Å². The molecule has 0 radical (unpaired) electrons. The highest BCUT2D eigenvalue weighted by molar-refractivity contribution is 5.24. The van der Waals surface area contributed by atoms with Crippen molar-refractivity contribution in [3.05, 3.63) is 35.4 Å². The standard InChI is InChI=1S/C14H23NO/c1-12-4-6-13(7-5-12)14(9-11-16)8-10-15(2)3/h4-7,14,16H,8-11H2,1-3H3/t14-/m0/s1. The summed E-state index contributed by atoms with van der Waals surface area (Å²) in [5, 5.41) is 9.10. The van der Waals surface area contributed by atoms with Gasteiger partial charge in [0.05, 0.1) is 0 Å². The molecule has 0 aliphatic carbocycles. The van der Waals surface area contributed by atoms with Gasteiger partial charge in [0.15, 0.2) is 0 Å². The molecule has 16 heavy (non-hydrogen) atoms. The molecule has 0 aliphatic rings. The summed E-state index contributed by atoms with van der Waals surface area (Å²) in [6.45, 7) is 3.44. The number of aliphatic hydroxyl groups is 1. The van der Waals surface area contributed by atoms with E-state index < -0.39 is 0 Å². The molecule has 0 aromatic heterocycles. The largest absolute Gasteiger partial charge is 0.396 e. The Bertz CT molecular complexity index is 292. The topological polar surface area (TPSA) is 23.5 Å². The Balaban J connectivity index is 2.64. The highest BCUT2D eigenvalue weighted by Gasteiger charge is 2.10. The van der Waals surface area contributed by atoms with Crippen LogP contribution in [0.15, 0.2) is 24.3 Å². The number of benzene rings is 1. The molecule has 1 rings (SSSR count). The van der Waals surface area contributed by atoms with Crippen LogP contribution in [0.1, 0.15) is 29.9 Å². The minimum absolute atomic E-state index is 0.270. The van der Waals surface area contributed by atoms with E-state index in [2.05, 4.69) is 50.2 Å². The Kier molecular flexibility index (Phi) is 5.50. The van der Waals surface area contributed by atoms with E-state index in [0.717, 1.165) is 19.4 Å². The highest BCUT2D eigenvalue weighted by Crippen LogP contribution is 2.23. The van der Waals surface area contributed by atoms with Crippen LogP contribution < -0.4 is 0 Å². The van der Waals surface area contributed by atoms with Gasteiger partial charge in [-0.05, 0) is 51.9 Å². The second-order valence-electron chi connectivity index (χ2n) is 4.71. The predicted molar refractivity (Wildman–Crippen MR) is 68.8 cm³/mol. The van der Waals surface area contributed by atoms with Gasteiger partial charge in [-0.3, -0.25) is 0 Å². The molecule has 90 valence electrons. The first kappa shape index (κ1) is 13.2. The summed E-state index contributed by atoms with van der Waals surface area (Å²) >= 11 is 0. The molecule has 0 amide bonds. The SMILES string of the molecule is Cc1ccc([C@H](CCO)CCN(C)C)cc1. The van der Waals surface area contributed by atoms with E-state index in [0.29, 0.717) is 5.92 Å². The number of aryl methyl sites for hydroxylation is 1. The van der Waals surface area contributed by atoms with Crippen LogP contribution in [0, 0.1) is 6.92 Å². The molecule has 0 bridgehead atoms. The summed E-state index contributed by atoms with van der Waals surface area (Å²) < 4.78 is 0. The summed E-state index contributed by atoms with van der Waals surface area (Å²) in [5.41, 5.74) is 2.64. The van der Waals surface area contributed by atoms with Crippen LogP contribution in [-0.4, -0.2) is 37.3 Å². The Morgan fingerprint density at radius 3 is 2.25 bits per heavy atom. The molecular formula is C14H23NO. The molecule has 0 fully saturated rings. The Morgan fingerprint density at radius 2 is 1.75 bits per heavy atom. The van der Waals surface area contributed by atoms with Crippen molar-refractivity contribution < 1.29 is 5.11 Å². The van der Waals surface area contributed by atoms with Crippen molar-refractivity contribution >= 4 is 0 Å². The molecule has 0 saturated carbocycles. The molecule has 0 heterocycles. The maximum absolute atomic E-state index is 9.10. The van der Waals surface area contributed by atoms with Gasteiger partial charge < -0.3 is 10.0 Å². The van der Waals surface area contributed by atoms with E-state index in [1.54, 1.807) is 0 Å². The third-order valence-electron chi connectivity index (χ3n) is 2.95. The maximum Gasteiger partial charge on any atom is 0.0436 e. The summed E-state index contributed by atoms with van der Waals surface area (Å²) in [5.74, 6) is 0.480. The molecule has 0 spiro atoms. The number of aliphatic hydroxyl groups excluding tert-OH is 1. The lowest BCUT2D eigenvalue weighted by molar-refractivity contribution is 0.266. The van der Waals surface area contributed by atoms with Crippen molar-refractivity contribution in [3.63, 3.8) is 0 Å². The van der Waals surface area contributed by atoms with Crippen molar-refractivity contribution in [2.45, 2.75) is 25.7 Å². The van der Waals surface area contributed by atoms with Crippen molar-refractivity contribution in [2.75, 3.05) is 27.2 Å². The van der Waals surface area contributed by atoms with Crippen molar-refractivity contribution in [1.29, 1.82) is 0 Å². The third-order valence-corrected chi connectivity index (χ3v) is 2.95. The quantitative estimate of drug-likeness (QED) is 0.797. The fourth-order valence-electron chi connectivity index (χ4n) is 1.89. The smallest absolute Gasteiger partial charge is 0.0436 e. The lowest BCUT2D eigenvalue weighted by atomic mass is 9.92. The van der Waals surface area contributed by atoms with Crippen molar-refractivity contribution in [2.24, 2.45) is 0 Å². The van der Waals surface area contributed by atoms with Gasteiger partial charge in [-0.25, -0.2) is 0 Å². The van der Waals surface area contributed by atoms with Crippen LogP contribution in [-0.2, 0) is 0 Å². The molecule has 0 unspecified atom stereocenters. The van der Waals surface area contributed by atoms with E-state index >= 15 is 0 Å². The first-order chi connectivity index (χ1) is 7.63. The van der Waals surface area contributed by atoms with E-state index in [1.165, 1.54) is 11.1 Å². The number of nitrogens with zero attached hydrogens (tertiary/aromatic N) is 1. The molecule has 1 N–H and O–H groups in total. The normalized spacial score (nSPS) is 13.1. The lowest BCUT2D eigenvalue weighted by Crippen LogP contribution is -2.16. The monoisotopic (exact) mass is 221 g/mol. The van der Waals surface area contributed by atoms with Crippen LogP contribution in [0.25, 0.3) is 0 Å². The van der Waals surface area contributed by atoms with Crippen LogP contribution in [0.2, 0.25) is 0 Å². The fraction of sp³-hybridized carbons (Fsp3) is 0.571. The molecule has 1 atom stereocenters. The molecule has 2 heteroatoms. The van der Waals surface area contributed by atoms with Gasteiger partial charge >= 0.3 is 0 Å². The maximum atomic E-state index is 9.10. The predicted octanol–water partition coefficient (Wildman–Crippen LogP) is 2.41. The number of hydrogen-bond donors (Lipinski definition) is 1. The minimum atomic E-state index is 0.270. The molecule has 0 aliphatic heterocycles. The van der Waals surface area contributed by atoms with Crippen molar-refractivity contribution in [3.8, 4) is 0 Å². The lowest BCUT2D eigenvalue weighted by Gasteiger charge is -2.19. The molecule has 1 aromatic rings. The van der Waals surface area contributed by atoms with Gasteiger partial charge in [-0.15, -0.1) is 0 Å². The van der Waals surface area contributed by atoms with Crippen LogP contribution in [0.4, 0.5) is 0 Å². The molecule has 0 saturated heterocycles. The zero-order valence-corrected chi connectivity index (χ0v) is 10.6. The summed E-state index contributed by atoms with van der Waals surface area (Å²) in [4.78, 5) is 2.19. The van der Waals surface area contributed by atoms with Gasteiger partial charge in [0, 0.05) is 6.61 Å². The summed E-state index contributed by atoms with van der Waals surface area (Å²) in [6, 6.07) is 8.67. The van der Waals surface area contributed by atoms with E-state index in [9.17, 15) is 0 Å². The zero-order valence-electron chi connectivity index (χ0n) is 10.6. The first-order valence-electron chi connectivity index (χ1n) is 5.95. The van der Waals surface area contributed by atoms with E-state index in [-0.39, 0.29) is 6.61 Å². The summed E-state index contributed by atoms with van der Waals surface area (Å²) in [6.07, 6.45) is 1.97. The average Bonchev–Trinajstić information content (AvgIpc) is 2.25. The van der Waals surface area contributed by atoms with Gasteiger partial charge in [-0.1, -0.05) is 29.8 Å². The van der Waals surface area contributed by atoms with Gasteiger partial charge in [0.25, 0.3) is 0 Å². The third kappa shape index (κ3) is 4.33. The van der Waals surface area contributed by atoms with Gasteiger partial charge in [0.1, 0.15) is 0 Å².